The van der Waals surface area contributed by atoms with Gasteiger partial charge in [-0.05, 0) is 36.5 Å². The minimum absolute atomic E-state index is 0.0150. The molecule has 0 unspecified atom stereocenters. The summed E-state index contributed by atoms with van der Waals surface area (Å²) in [6.45, 7) is 1.19. The van der Waals surface area contributed by atoms with Gasteiger partial charge in [0.2, 0.25) is 5.91 Å². The molecule has 0 radical (unpaired) electrons. The summed E-state index contributed by atoms with van der Waals surface area (Å²) in [5, 5.41) is 9.78. The minimum atomic E-state index is -0.775. The monoisotopic (exact) mass is 329 g/mol. The molecule has 4 nitrogen and oxygen atoms in total. The quantitative estimate of drug-likeness (QED) is 0.922. The number of carboxylic acids is 1. The highest BCUT2D eigenvalue weighted by molar-refractivity contribution is 6.36. The summed E-state index contributed by atoms with van der Waals surface area (Å²) in [4.78, 5) is 24.7. The van der Waals surface area contributed by atoms with Gasteiger partial charge in [-0.3, -0.25) is 9.59 Å². The molecular formula is C15H17Cl2NO3. The molecule has 0 atom stereocenters. The second kappa shape index (κ2) is 7.14. The fourth-order valence-corrected chi connectivity index (χ4v) is 3.13. The number of aliphatic carboxylic acids is 1. The zero-order valence-corrected chi connectivity index (χ0v) is 13.0. The number of halogens is 2. The van der Waals surface area contributed by atoms with E-state index in [0.29, 0.717) is 28.7 Å². The van der Waals surface area contributed by atoms with Crippen molar-refractivity contribution >= 4 is 35.1 Å². The number of nitrogens with zero attached hydrogens (tertiary/aromatic N) is 1. The fourth-order valence-electron chi connectivity index (χ4n) is 2.60. The van der Waals surface area contributed by atoms with Crippen LogP contribution in [0.15, 0.2) is 18.2 Å². The van der Waals surface area contributed by atoms with Gasteiger partial charge in [0.15, 0.2) is 0 Å². The Kier molecular flexibility index (Phi) is 5.48. The van der Waals surface area contributed by atoms with E-state index in [0.717, 1.165) is 12.8 Å². The summed E-state index contributed by atoms with van der Waals surface area (Å²) in [6.07, 6.45) is 1.82. The van der Waals surface area contributed by atoms with Crippen molar-refractivity contribution in [3.05, 3.63) is 33.8 Å². The molecule has 1 heterocycles. The first kappa shape index (κ1) is 16.1. The van der Waals surface area contributed by atoms with E-state index >= 15 is 0 Å². The van der Waals surface area contributed by atoms with E-state index < -0.39 is 5.97 Å². The number of carbonyl (C=O) groups excluding carboxylic acids is 1. The average Bonchev–Trinajstić information content (AvgIpc) is 2.43. The smallest absolute Gasteiger partial charge is 0.303 e. The van der Waals surface area contributed by atoms with Crippen LogP contribution in [-0.4, -0.2) is 35.0 Å². The summed E-state index contributed by atoms with van der Waals surface area (Å²) < 4.78 is 0. The number of rotatable bonds is 4. The molecule has 1 N–H and O–H groups in total. The summed E-state index contributed by atoms with van der Waals surface area (Å²) in [5.41, 5.74) is 0.651. The van der Waals surface area contributed by atoms with Crippen LogP contribution in [0.1, 0.15) is 24.8 Å². The topological polar surface area (TPSA) is 57.6 Å². The van der Waals surface area contributed by atoms with Crippen LogP contribution in [0, 0.1) is 5.92 Å². The van der Waals surface area contributed by atoms with E-state index in [2.05, 4.69) is 0 Å². The zero-order chi connectivity index (χ0) is 15.4. The van der Waals surface area contributed by atoms with Crippen molar-refractivity contribution < 1.29 is 14.7 Å². The Labute approximate surface area is 133 Å². The lowest BCUT2D eigenvalue weighted by Gasteiger charge is -2.31. The first-order valence-corrected chi connectivity index (χ1v) is 7.65. The van der Waals surface area contributed by atoms with Crippen LogP contribution in [0.25, 0.3) is 0 Å². The molecule has 0 aliphatic carbocycles. The van der Waals surface area contributed by atoms with Crippen LogP contribution < -0.4 is 0 Å². The lowest BCUT2D eigenvalue weighted by Crippen LogP contribution is -2.39. The highest BCUT2D eigenvalue weighted by Gasteiger charge is 2.25. The third-order valence-corrected chi connectivity index (χ3v) is 4.53. The molecule has 114 valence electrons. The van der Waals surface area contributed by atoms with Gasteiger partial charge in [0.05, 0.1) is 6.42 Å². The summed E-state index contributed by atoms with van der Waals surface area (Å²) in [5.74, 6) is -0.628. The first-order valence-electron chi connectivity index (χ1n) is 6.90. The molecule has 6 heteroatoms. The standard InChI is InChI=1S/C15H17Cl2NO3/c16-12-2-1-3-13(17)11(12)9-14(19)18-6-4-10(5-7-18)8-15(20)21/h1-3,10H,4-9H2,(H,20,21). The first-order chi connectivity index (χ1) is 9.97. The second-order valence-corrected chi connectivity index (χ2v) is 6.11. The maximum absolute atomic E-state index is 12.3. The van der Waals surface area contributed by atoms with Crippen molar-refractivity contribution in [1.82, 2.24) is 4.90 Å². The van der Waals surface area contributed by atoms with E-state index in [-0.39, 0.29) is 24.7 Å². The van der Waals surface area contributed by atoms with Crippen molar-refractivity contribution in [3.63, 3.8) is 0 Å². The largest absolute Gasteiger partial charge is 0.481 e. The number of hydrogen-bond donors (Lipinski definition) is 1. The van der Waals surface area contributed by atoms with Gasteiger partial charge in [-0.25, -0.2) is 0 Å². The van der Waals surface area contributed by atoms with E-state index in [9.17, 15) is 9.59 Å². The van der Waals surface area contributed by atoms with E-state index in [1.165, 1.54) is 0 Å². The van der Waals surface area contributed by atoms with Gasteiger partial charge in [0, 0.05) is 29.6 Å². The number of amides is 1. The Morgan fingerprint density at radius 3 is 2.29 bits per heavy atom. The van der Waals surface area contributed by atoms with E-state index in [1.54, 1.807) is 23.1 Å². The summed E-state index contributed by atoms with van der Waals surface area (Å²) >= 11 is 12.1. The van der Waals surface area contributed by atoms with Crippen molar-refractivity contribution in [1.29, 1.82) is 0 Å². The van der Waals surface area contributed by atoms with E-state index in [4.69, 9.17) is 28.3 Å². The number of likely N-dealkylation sites (tertiary alicyclic amines) is 1. The highest BCUT2D eigenvalue weighted by atomic mass is 35.5. The number of hydrogen-bond acceptors (Lipinski definition) is 2. The van der Waals surface area contributed by atoms with Crippen LogP contribution in [0.4, 0.5) is 0 Å². The number of carbonyl (C=O) groups is 2. The lowest BCUT2D eigenvalue weighted by molar-refractivity contribution is -0.138. The molecule has 0 aromatic heterocycles. The maximum Gasteiger partial charge on any atom is 0.303 e. The number of carboxylic acid groups (broad SMARTS) is 1. The van der Waals surface area contributed by atoms with E-state index in [1.807, 2.05) is 0 Å². The Hall–Kier alpha value is -1.26. The predicted octanol–water partition coefficient (Wildman–Crippen LogP) is 3.25. The molecule has 1 aliphatic rings. The molecule has 1 aromatic carbocycles. The predicted molar refractivity (Wildman–Crippen MR) is 81.7 cm³/mol. The molecule has 1 saturated heterocycles. The van der Waals surface area contributed by atoms with Gasteiger partial charge in [-0.2, -0.15) is 0 Å². The molecule has 21 heavy (non-hydrogen) atoms. The Bertz CT molecular complexity index is 519. The average molecular weight is 330 g/mol. The summed E-state index contributed by atoms with van der Waals surface area (Å²) in [7, 11) is 0. The fraction of sp³-hybridized carbons (Fsp3) is 0.467. The number of piperidine rings is 1. The molecule has 1 aromatic rings. The van der Waals surface area contributed by atoms with Gasteiger partial charge in [0.25, 0.3) is 0 Å². The van der Waals surface area contributed by atoms with Gasteiger partial charge >= 0.3 is 5.97 Å². The van der Waals surface area contributed by atoms with Crippen LogP contribution in [0.5, 0.6) is 0 Å². The molecule has 0 spiro atoms. The van der Waals surface area contributed by atoms with Gasteiger partial charge in [0.1, 0.15) is 0 Å². The second-order valence-electron chi connectivity index (χ2n) is 5.30. The third kappa shape index (κ3) is 4.35. The third-order valence-electron chi connectivity index (χ3n) is 3.82. The minimum Gasteiger partial charge on any atom is -0.481 e. The lowest BCUT2D eigenvalue weighted by atomic mass is 9.93. The molecule has 1 amide bonds. The van der Waals surface area contributed by atoms with Gasteiger partial charge in [-0.15, -0.1) is 0 Å². The van der Waals surface area contributed by atoms with Crippen LogP contribution in [0.3, 0.4) is 0 Å². The zero-order valence-electron chi connectivity index (χ0n) is 11.5. The summed E-state index contributed by atoms with van der Waals surface area (Å²) in [6, 6.07) is 5.18. The number of benzene rings is 1. The molecular weight excluding hydrogens is 313 g/mol. The Balaban J connectivity index is 1.92. The van der Waals surface area contributed by atoms with Crippen molar-refractivity contribution in [2.75, 3.05) is 13.1 Å². The molecule has 0 bridgehead atoms. The molecule has 0 saturated carbocycles. The molecule has 1 fully saturated rings. The molecule has 1 aliphatic heterocycles. The normalized spacial score (nSPS) is 16.0. The van der Waals surface area contributed by atoms with Crippen molar-refractivity contribution in [3.8, 4) is 0 Å². The Morgan fingerprint density at radius 2 is 1.76 bits per heavy atom. The highest BCUT2D eigenvalue weighted by Crippen LogP contribution is 2.26. The van der Waals surface area contributed by atoms with Crippen LogP contribution in [0.2, 0.25) is 10.0 Å². The SMILES string of the molecule is O=C(O)CC1CCN(C(=O)Cc2c(Cl)cccc2Cl)CC1. The van der Waals surface area contributed by atoms with Gasteiger partial charge < -0.3 is 10.0 Å². The van der Waals surface area contributed by atoms with Crippen LogP contribution >= 0.6 is 23.2 Å². The van der Waals surface area contributed by atoms with Crippen molar-refractivity contribution in [2.24, 2.45) is 5.92 Å². The molecule has 2 rings (SSSR count). The van der Waals surface area contributed by atoms with Crippen LogP contribution in [-0.2, 0) is 16.0 Å². The van der Waals surface area contributed by atoms with Gasteiger partial charge in [-0.1, -0.05) is 29.3 Å². The van der Waals surface area contributed by atoms with Crippen molar-refractivity contribution in [2.45, 2.75) is 25.7 Å². The Morgan fingerprint density at radius 1 is 1.19 bits per heavy atom. The maximum atomic E-state index is 12.3.